The minimum absolute atomic E-state index is 0.0177. The highest BCUT2D eigenvalue weighted by Gasteiger charge is 2.36. The van der Waals surface area contributed by atoms with Crippen LogP contribution in [-0.4, -0.2) is 35.2 Å². The number of carbonyl (C=O) groups is 2. The average Bonchev–Trinajstić information content (AvgIpc) is 3.20. The third-order valence-corrected chi connectivity index (χ3v) is 4.60. The van der Waals surface area contributed by atoms with Crippen molar-refractivity contribution >= 4 is 23.4 Å². The summed E-state index contributed by atoms with van der Waals surface area (Å²) in [6, 6.07) is 11.1. The lowest BCUT2D eigenvalue weighted by atomic mass is 10.1. The minimum atomic E-state index is -0.319. The summed E-state index contributed by atoms with van der Waals surface area (Å²) in [7, 11) is 1.74. The van der Waals surface area contributed by atoms with Crippen molar-refractivity contribution < 1.29 is 14.0 Å². The Kier molecular flexibility index (Phi) is 4.90. The Labute approximate surface area is 145 Å². The van der Waals surface area contributed by atoms with Crippen LogP contribution in [0.2, 0.25) is 5.02 Å². The van der Waals surface area contributed by atoms with Crippen LogP contribution in [0.5, 0.6) is 0 Å². The quantitative estimate of drug-likeness (QED) is 0.836. The van der Waals surface area contributed by atoms with Crippen molar-refractivity contribution in [2.75, 3.05) is 13.6 Å². The Morgan fingerprint density at radius 3 is 2.83 bits per heavy atom. The smallest absolute Gasteiger partial charge is 0.228 e. The fourth-order valence-electron chi connectivity index (χ4n) is 2.95. The fourth-order valence-corrected chi connectivity index (χ4v) is 3.15. The largest absolute Gasteiger partial charge is 0.467 e. The van der Waals surface area contributed by atoms with Crippen LogP contribution in [-0.2, 0) is 22.7 Å². The van der Waals surface area contributed by atoms with Gasteiger partial charge in [-0.3, -0.25) is 9.59 Å². The van der Waals surface area contributed by atoms with Gasteiger partial charge in [0, 0.05) is 31.6 Å². The summed E-state index contributed by atoms with van der Waals surface area (Å²) in [6.45, 7) is 1.26. The molecule has 24 heavy (non-hydrogen) atoms. The maximum Gasteiger partial charge on any atom is 0.228 e. The van der Waals surface area contributed by atoms with Crippen molar-refractivity contribution in [2.24, 2.45) is 5.92 Å². The molecule has 2 aromatic rings. The van der Waals surface area contributed by atoms with Crippen LogP contribution in [0.4, 0.5) is 0 Å². The van der Waals surface area contributed by atoms with Gasteiger partial charge in [0.1, 0.15) is 5.76 Å². The molecular formula is C18H19ClN2O3. The van der Waals surface area contributed by atoms with Gasteiger partial charge in [-0.25, -0.2) is 0 Å². The molecule has 1 saturated heterocycles. The number of carbonyl (C=O) groups excluding carboxylic acids is 2. The van der Waals surface area contributed by atoms with Gasteiger partial charge in [-0.05, 0) is 23.8 Å². The molecule has 1 atom stereocenters. The molecule has 2 heterocycles. The summed E-state index contributed by atoms with van der Waals surface area (Å²) in [5.74, 6) is 0.349. The molecule has 1 aliphatic heterocycles. The van der Waals surface area contributed by atoms with Gasteiger partial charge in [0.15, 0.2) is 0 Å². The van der Waals surface area contributed by atoms with E-state index in [1.165, 1.54) is 0 Å². The highest BCUT2D eigenvalue weighted by molar-refractivity contribution is 6.31. The average molecular weight is 347 g/mol. The summed E-state index contributed by atoms with van der Waals surface area (Å²) < 4.78 is 5.28. The molecule has 5 nitrogen and oxygen atoms in total. The molecule has 0 N–H and O–H groups in total. The second-order valence-electron chi connectivity index (χ2n) is 6.04. The first-order valence-corrected chi connectivity index (χ1v) is 8.21. The fraction of sp³-hybridized carbons (Fsp3) is 0.333. The number of furan rings is 1. The molecular weight excluding hydrogens is 328 g/mol. The number of halogens is 1. The molecule has 0 saturated carbocycles. The molecule has 0 spiro atoms. The van der Waals surface area contributed by atoms with Gasteiger partial charge in [0.2, 0.25) is 11.8 Å². The number of benzene rings is 1. The van der Waals surface area contributed by atoms with E-state index in [1.54, 1.807) is 35.2 Å². The number of hydrogen-bond acceptors (Lipinski definition) is 3. The van der Waals surface area contributed by atoms with Crippen molar-refractivity contribution in [3.8, 4) is 0 Å². The molecule has 0 radical (unpaired) electrons. The molecule has 0 bridgehead atoms. The predicted octanol–water partition coefficient (Wildman–Crippen LogP) is 2.94. The monoisotopic (exact) mass is 346 g/mol. The predicted molar refractivity (Wildman–Crippen MR) is 90.2 cm³/mol. The molecule has 3 rings (SSSR count). The zero-order valence-corrected chi connectivity index (χ0v) is 14.2. The topological polar surface area (TPSA) is 53.8 Å². The lowest BCUT2D eigenvalue weighted by molar-refractivity contribution is -0.135. The number of amides is 2. The van der Waals surface area contributed by atoms with Crippen LogP contribution in [0.3, 0.4) is 0 Å². The number of nitrogens with zero attached hydrogens (tertiary/aromatic N) is 2. The Morgan fingerprint density at radius 1 is 1.33 bits per heavy atom. The summed E-state index contributed by atoms with van der Waals surface area (Å²) in [4.78, 5) is 28.1. The van der Waals surface area contributed by atoms with Gasteiger partial charge in [0.05, 0.1) is 18.7 Å². The highest BCUT2D eigenvalue weighted by atomic mass is 35.5. The van der Waals surface area contributed by atoms with E-state index in [-0.39, 0.29) is 24.2 Å². The van der Waals surface area contributed by atoms with Crippen molar-refractivity contribution in [2.45, 2.75) is 19.5 Å². The van der Waals surface area contributed by atoms with E-state index in [2.05, 4.69) is 0 Å². The molecule has 1 aromatic heterocycles. The van der Waals surface area contributed by atoms with Crippen molar-refractivity contribution in [1.82, 2.24) is 9.80 Å². The lowest BCUT2D eigenvalue weighted by Gasteiger charge is -2.21. The van der Waals surface area contributed by atoms with Crippen LogP contribution in [0.25, 0.3) is 0 Å². The first-order valence-electron chi connectivity index (χ1n) is 7.83. The number of likely N-dealkylation sites (tertiary alicyclic amines) is 1. The van der Waals surface area contributed by atoms with E-state index in [1.807, 2.05) is 24.3 Å². The van der Waals surface area contributed by atoms with E-state index in [4.69, 9.17) is 16.0 Å². The van der Waals surface area contributed by atoms with Crippen LogP contribution in [0.15, 0.2) is 47.1 Å². The Bertz CT molecular complexity index is 730. The van der Waals surface area contributed by atoms with Gasteiger partial charge in [-0.1, -0.05) is 29.8 Å². The van der Waals surface area contributed by atoms with Crippen molar-refractivity contribution in [3.63, 3.8) is 0 Å². The van der Waals surface area contributed by atoms with Crippen LogP contribution in [0.1, 0.15) is 17.7 Å². The van der Waals surface area contributed by atoms with Gasteiger partial charge < -0.3 is 14.2 Å². The maximum absolute atomic E-state index is 12.6. The van der Waals surface area contributed by atoms with E-state index in [9.17, 15) is 9.59 Å². The van der Waals surface area contributed by atoms with Crippen molar-refractivity contribution in [3.05, 3.63) is 59.0 Å². The maximum atomic E-state index is 12.6. The normalized spacial score (nSPS) is 17.3. The third kappa shape index (κ3) is 3.62. The zero-order valence-electron chi connectivity index (χ0n) is 13.4. The SMILES string of the molecule is CN(Cc1ccccc1Cl)C(=O)C1CC(=O)N(Cc2ccco2)C1. The van der Waals surface area contributed by atoms with E-state index < -0.39 is 0 Å². The van der Waals surface area contributed by atoms with Crippen molar-refractivity contribution in [1.29, 1.82) is 0 Å². The minimum Gasteiger partial charge on any atom is -0.467 e. The van der Waals surface area contributed by atoms with Gasteiger partial charge in [-0.2, -0.15) is 0 Å². The third-order valence-electron chi connectivity index (χ3n) is 4.23. The van der Waals surface area contributed by atoms with E-state index in [0.717, 1.165) is 11.3 Å². The Morgan fingerprint density at radius 2 is 2.12 bits per heavy atom. The van der Waals surface area contributed by atoms with Gasteiger partial charge >= 0.3 is 0 Å². The molecule has 2 amide bonds. The van der Waals surface area contributed by atoms with Gasteiger partial charge in [0.25, 0.3) is 0 Å². The first kappa shape index (κ1) is 16.6. The zero-order chi connectivity index (χ0) is 17.1. The summed E-state index contributed by atoms with van der Waals surface area (Å²) in [5, 5.41) is 0.638. The van der Waals surface area contributed by atoms with E-state index in [0.29, 0.717) is 24.7 Å². The first-order chi connectivity index (χ1) is 11.5. The second kappa shape index (κ2) is 7.09. The molecule has 1 aromatic carbocycles. The van der Waals surface area contributed by atoms with Crippen LogP contribution >= 0.6 is 11.6 Å². The molecule has 6 heteroatoms. The Hall–Kier alpha value is -2.27. The molecule has 126 valence electrons. The van der Waals surface area contributed by atoms with Crippen LogP contribution in [0, 0.1) is 5.92 Å². The summed E-state index contributed by atoms with van der Waals surface area (Å²) in [5.41, 5.74) is 0.895. The van der Waals surface area contributed by atoms with Gasteiger partial charge in [-0.15, -0.1) is 0 Å². The molecule has 1 aliphatic rings. The summed E-state index contributed by atoms with van der Waals surface area (Å²) >= 11 is 6.15. The standard InChI is InChI=1S/C18H19ClN2O3/c1-20(10-13-5-2-3-7-16(13)19)18(23)14-9-17(22)21(11-14)12-15-6-4-8-24-15/h2-8,14H,9-12H2,1H3. The number of rotatable bonds is 5. The molecule has 1 fully saturated rings. The number of hydrogen-bond donors (Lipinski definition) is 0. The highest BCUT2D eigenvalue weighted by Crippen LogP contribution is 2.23. The van der Waals surface area contributed by atoms with E-state index >= 15 is 0 Å². The summed E-state index contributed by atoms with van der Waals surface area (Å²) in [6.07, 6.45) is 1.82. The Balaban J connectivity index is 1.61. The molecule has 1 unspecified atom stereocenters. The second-order valence-corrected chi connectivity index (χ2v) is 6.45. The van der Waals surface area contributed by atoms with Crippen LogP contribution < -0.4 is 0 Å². The lowest BCUT2D eigenvalue weighted by Crippen LogP contribution is -2.34. The molecule has 0 aliphatic carbocycles.